The van der Waals surface area contributed by atoms with Crippen molar-refractivity contribution in [2.45, 2.75) is 32.6 Å². The van der Waals surface area contributed by atoms with Gasteiger partial charge in [-0.25, -0.2) is 0 Å². The first kappa shape index (κ1) is 19.2. The minimum absolute atomic E-state index is 0.0465. The van der Waals surface area contributed by atoms with Gasteiger partial charge in [0.05, 0.1) is 5.56 Å². The molecule has 0 atom stereocenters. The lowest BCUT2D eigenvalue weighted by Crippen LogP contribution is -2.37. The molecule has 0 aliphatic carbocycles. The van der Waals surface area contributed by atoms with Crippen LogP contribution in [0.5, 0.6) is 0 Å². The third-order valence-corrected chi connectivity index (χ3v) is 5.17. The van der Waals surface area contributed by atoms with Crippen LogP contribution < -0.4 is 0 Å². The summed E-state index contributed by atoms with van der Waals surface area (Å²) in [7, 11) is 1.91. The molecule has 0 bridgehead atoms. The van der Waals surface area contributed by atoms with E-state index in [4.69, 9.17) is 0 Å². The van der Waals surface area contributed by atoms with E-state index in [2.05, 4.69) is 19.1 Å². The van der Waals surface area contributed by atoms with Crippen molar-refractivity contribution in [3.8, 4) is 0 Å². The fraction of sp³-hybridized carbons (Fsp3) is 0.455. The standard InChI is InChI=1S/C22H29N3O2/c1-3-4-6-18-7-9-19(10-8-18)21(26)24-12-5-13-25(16-15-24)22(27)20-11-14-23(2)17-20/h7-11,14,17H,3-6,12-13,15-16H2,1-2H3. The Balaban J connectivity index is 1.60. The van der Waals surface area contributed by atoms with Crippen molar-refractivity contribution in [1.82, 2.24) is 14.4 Å². The number of aryl methyl sites for hydroxylation is 2. The molecule has 1 aliphatic rings. The molecule has 1 aromatic heterocycles. The van der Waals surface area contributed by atoms with E-state index in [1.54, 1.807) is 0 Å². The third kappa shape index (κ3) is 4.79. The maximum atomic E-state index is 12.8. The monoisotopic (exact) mass is 367 g/mol. The van der Waals surface area contributed by atoms with Crippen LogP contribution in [0.3, 0.4) is 0 Å². The predicted molar refractivity (Wildman–Crippen MR) is 107 cm³/mol. The number of aromatic nitrogens is 1. The van der Waals surface area contributed by atoms with Crippen LogP contribution >= 0.6 is 0 Å². The minimum Gasteiger partial charge on any atom is -0.356 e. The second-order valence-corrected chi connectivity index (χ2v) is 7.30. The molecule has 0 radical (unpaired) electrons. The van der Waals surface area contributed by atoms with Crippen LogP contribution in [0.1, 0.15) is 52.5 Å². The molecule has 1 fully saturated rings. The Morgan fingerprint density at radius 1 is 0.889 bits per heavy atom. The van der Waals surface area contributed by atoms with E-state index in [0.717, 1.165) is 18.4 Å². The first-order valence-electron chi connectivity index (χ1n) is 9.88. The van der Waals surface area contributed by atoms with Gasteiger partial charge in [0.1, 0.15) is 0 Å². The summed E-state index contributed by atoms with van der Waals surface area (Å²) in [6, 6.07) is 9.84. The van der Waals surface area contributed by atoms with E-state index in [-0.39, 0.29) is 11.8 Å². The van der Waals surface area contributed by atoms with Gasteiger partial charge in [0, 0.05) is 51.2 Å². The van der Waals surface area contributed by atoms with Gasteiger partial charge in [-0.1, -0.05) is 25.5 Å². The zero-order valence-corrected chi connectivity index (χ0v) is 16.4. The van der Waals surface area contributed by atoms with Gasteiger partial charge in [0.15, 0.2) is 0 Å². The second kappa shape index (κ2) is 8.89. The van der Waals surface area contributed by atoms with Crippen LogP contribution in [-0.2, 0) is 13.5 Å². The first-order chi connectivity index (χ1) is 13.1. The molecule has 1 saturated heterocycles. The summed E-state index contributed by atoms with van der Waals surface area (Å²) in [6.07, 6.45) is 7.93. The second-order valence-electron chi connectivity index (χ2n) is 7.30. The van der Waals surface area contributed by atoms with Gasteiger partial charge in [-0.15, -0.1) is 0 Å². The van der Waals surface area contributed by atoms with E-state index >= 15 is 0 Å². The topological polar surface area (TPSA) is 45.6 Å². The molecule has 0 unspecified atom stereocenters. The molecule has 2 heterocycles. The highest BCUT2D eigenvalue weighted by Crippen LogP contribution is 2.14. The largest absolute Gasteiger partial charge is 0.356 e. The summed E-state index contributed by atoms with van der Waals surface area (Å²) in [5.41, 5.74) is 2.72. The van der Waals surface area contributed by atoms with Gasteiger partial charge in [-0.2, -0.15) is 0 Å². The van der Waals surface area contributed by atoms with Gasteiger partial charge in [-0.05, 0) is 43.0 Å². The minimum atomic E-state index is 0.0465. The number of hydrogen-bond acceptors (Lipinski definition) is 2. The Morgan fingerprint density at radius 3 is 2.07 bits per heavy atom. The molecule has 5 heteroatoms. The number of amides is 2. The van der Waals surface area contributed by atoms with Crippen molar-refractivity contribution in [3.63, 3.8) is 0 Å². The summed E-state index contributed by atoms with van der Waals surface area (Å²) in [5, 5.41) is 0. The molecule has 1 aromatic carbocycles. The number of carbonyl (C=O) groups excluding carboxylic acids is 2. The number of nitrogens with zero attached hydrogens (tertiary/aromatic N) is 3. The Morgan fingerprint density at radius 2 is 1.52 bits per heavy atom. The molecule has 144 valence electrons. The van der Waals surface area contributed by atoms with Gasteiger partial charge in [0.2, 0.25) is 0 Å². The van der Waals surface area contributed by atoms with E-state index in [0.29, 0.717) is 31.7 Å². The van der Waals surface area contributed by atoms with Gasteiger partial charge >= 0.3 is 0 Å². The lowest BCUT2D eigenvalue weighted by Gasteiger charge is -2.22. The third-order valence-electron chi connectivity index (χ3n) is 5.17. The van der Waals surface area contributed by atoms with Crippen molar-refractivity contribution < 1.29 is 9.59 Å². The zero-order valence-electron chi connectivity index (χ0n) is 16.4. The van der Waals surface area contributed by atoms with E-state index in [1.165, 1.54) is 18.4 Å². The van der Waals surface area contributed by atoms with E-state index in [9.17, 15) is 9.59 Å². The smallest absolute Gasteiger partial charge is 0.255 e. The SMILES string of the molecule is CCCCc1ccc(C(=O)N2CCCN(C(=O)c3ccn(C)c3)CC2)cc1. The Hall–Kier alpha value is -2.56. The molecule has 2 aromatic rings. The molecule has 0 N–H and O–H groups in total. The molecule has 2 amide bonds. The lowest BCUT2D eigenvalue weighted by molar-refractivity contribution is 0.0719. The average Bonchev–Trinajstić information content (AvgIpc) is 2.98. The molecule has 0 saturated carbocycles. The Labute approximate surface area is 161 Å². The molecular weight excluding hydrogens is 338 g/mol. The highest BCUT2D eigenvalue weighted by atomic mass is 16.2. The Bertz CT molecular complexity index is 779. The highest BCUT2D eigenvalue weighted by Gasteiger charge is 2.23. The molecule has 5 nitrogen and oxygen atoms in total. The summed E-state index contributed by atoms with van der Waals surface area (Å²) in [6.45, 7) is 4.72. The van der Waals surface area contributed by atoms with Crippen molar-refractivity contribution in [3.05, 3.63) is 59.4 Å². The summed E-state index contributed by atoms with van der Waals surface area (Å²) in [5.74, 6) is 0.108. The van der Waals surface area contributed by atoms with Crippen LogP contribution in [0.2, 0.25) is 0 Å². The van der Waals surface area contributed by atoms with Crippen LogP contribution in [-0.4, -0.2) is 52.4 Å². The van der Waals surface area contributed by atoms with Crippen LogP contribution in [0.25, 0.3) is 0 Å². The van der Waals surface area contributed by atoms with Crippen molar-refractivity contribution >= 4 is 11.8 Å². The Kier molecular flexibility index (Phi) is 6.32. The molecular formula is C22H29N3O2. The summed E-state index contributed by atoms with van der Waals surface area (Å²) < 4.78 is 1.88. The average molecular weight is 367 g/mol. The van der Waals surface area contributed by atoms with Gasteiger partial charge in [0.25, 0.3) is 11.8 Å². The zero-order chi connectivity index (χ0) is 19.2. The fourth-order valence-electron chi connectivity index (χ4n) is 3.51. The molecule has 3 rings (SSSR count). The van der Waals surface area contributed by atoms with Crippen LogP contribution in [0, 0.1) is 0 Å². The maximum absolute atomic E-state index is 12.8. The molecule has 0 spiro atoms. The molecule has 27 heavy (non-hydrogen) atoms. The maximum Gasteiger partial charge on any atom is 0.255 e. The summed E-state index contributed by atoms with van der Waals surface area (Å²) >= 11 is 0. The predicted octanol–water partition coefficient (Wildman–Crippen LogP) is 3.36. The van der Waals surface area contributed by atoms with E-state index < -0.39 is 0 Å². The normalized spacial score (nSPS) is 14.9. The lowest BCUT2D eigenvalue weighted by atomic mass is 10.1. The van der Waals surface area contributed by atoms with Crippen molar-refractivity contribution in [1.29, 1.82) is 0 Å². The first-order valence-corrected chi connectivity index (χ1v) is 9.88. The highest BCUT2D eigenvalue weighted by molar-refractivity contribution is 5.95. The number of rotatable bonds is 5. The van der Waals surface area contributed by atoms with Crippen molar-refractivity contribution in [2.24, 2.45) is 7.05 Å². The quantitative estimate of drug-likeness (QED) is 0.813. The van der Waals surface area contributed by atoms with Gasteiger partial charge < -0.3 is 14.4 Å². The van der Waals surface area contributed by atoms with Crippen molar-refractivity contribution in [2.75, 3.05) is 26.2 Å². The number of carbonyl (C=O) groups is 2. The number of hydrogen-bond donors (Lipinski definition) is 0. The van der Waals surface area contributed by atoms with Crippen LogP contribution in [0.15, 0.2) is 42.7 Å². The van der Waals surface area contributed by atoms with E-state index in [1.807, 2.05) is 52.0 Å². The fourth-order valence-corrected chi connectivity index (χ4v) is 3.51. The van der Waals surface area contributed by atoms with Gasteiger partial charge in [-0.3, -0.25) is 9.59 Å². The van der Waals surface area contributed by atoms with Crippen LogP contribution in [0.4, 0.5) is 0 Å². The summed E-state index contributed by atoms with van der Waals surface area (Å²) in [4.78, 5) is 29.2. The number of benzene rings is 1. The molecule has 1 aliphatic heterocycles. The number of unbranched alkanes of at least 4 members (excludes halogenated alkanes) is 1.